The lowest BCUT2D eigenvalue weighted by Crippen LogP contribution is -2.38. The highest BCUT2D eigenvalue weighted by Gasteiger charge is 2.49. The summed E-state index contributed by atoms with van der Waals surface area (Å²) in [6.07, 6.45) is 2.02. The molecule has 0 saturated carbocycles. The van der Waals surface area contributed by atoms with Crippen LogP contribution in [0.15, 0.2) is 35.6 Å². The van der Waals surface area contributed by atoms with E-state index in [-0.39, 0.29) is 10.7 Å². The number of hydrogen-bond donors (Lipinski definition) is 2. The van der Waals surface area contributed by atoms with E-state index < -0.39 is 41.6 Å². The van der Waals surface area contributed by atoms with E-state index in [1.165, 1.54) is 29.2 Å². The van der Waals surface area contributed by atoms with Crippen LogP contribution in [-0.2, 0) is 10.0 Å². The van der Waals surface area contributed by atoms with Crippen molar-refractivity contribution in [3.05, 3.63) is 36.3 Å². The van der Waals surface area contributed by atoms with Crippen molar-refractivity contribution in [1.29, 1.82) is 0 Å². The van der Waals surface area contributed by atoms with Gasteiger partial charge in [0.05, 0.1) is 36.0 Å². The summed E-state index contributed by atoms with van der Waals surface area (Å²) in [6.45, 7) is 0.121. The van der Waals surface area contributed by atoms with E-state index in [0.717, 1.165) is 5.56 Å². The molecule has 1 aliphatic rings. The summed E-state index contributed by atoms with van der Waals surface area (Å²) in [5.74, 6) is -3.03. The van der Waals surface area contributed by atoms with Crippen LogP contribution < -0.4 is 5.73 Å². The van der Waals surface area contributed by atoms with Crippen LogP contribution in [0, 0.1) is 6.92 Å². The molecule has 3 N–H and O–H groups in total. The average Bonchev–Trinajstić information content (AvgIpc) is 3.23. The second kappa shape index (κ2) is 6.68. The molecule has 1 unspecified atom stereocenters. The number of aryl methyl sites for hydroxylation is 1. The molecule has 3 aromatic rings. The number of aliphatic hydroxyl groups is 1. The van der Waals surface area contributed by atoms with Gasteiger partial charge in [0.2, 0.25) is 10.0 Å². The molecular weight excluding hydrogens is 406 g/mol. The van der Waals surface area contributed by atoms with Crippen LogP contribution in [0.2, 0.25) is 0 Å². The summed E-state index contributed by atoms with van der Waals surface area (Å²) in [5, 5.41) is 13.5. The number of aromatic nitrogens is 4. The quantitative estimate of drug-likeness (QED) is 0.641. The smallest absolute Gasteiger partial charge is 0.263 e. The number of anilines is 1. The number of benzene rings is 1. The van der Waals surface area contributed by atoms with Gasteiger partial charge in [-0.2, -0.15) is 9.40 Å². The molecule has 29 heavy (non-hydrogen) atoms. The van der Waals surface area contributed by atoms with Crippen molar-refractivity contribution in [3.63, 3.8) is 0 Å². The van der Waals surface area contributed by atoms with E-state index >= 15 is 0 Å². The van der Waals surface area contributed by atoms with Crippen molar-refractivity contribution in [2.45, 2.75) is 30.2 Å². The summed E-state index contributed by atoms with van der Waals surface area (Å²) in [7, 11) is -4.26. The normalized spacial score (nSPS) is 19.8. The molecule has 4 rings (SSSR count). The van der Waals surface area contributed by atoms with Crippen LogP contribution in [0.4, 0.5) is 14.6 Å². The van der Waals surface area contributed by atoms with E-state index in [9.17, 15) is 22.3 Å². The molecule has 1 saturated heterocycles. The number of imidazole rings is 1. The Morgan fingerprint density at radius 3 is 2.83 bits per heavy atom. The zero-order chi connectivity index (χ0) is 21.0. The summed E-state index contributed by atoms with van der Waals surface area (Å²) in [4.78, 5) is 7.87. The predicted molar refractivity (Wildman–Crippen MR) is 99.7 cm³/mol. The molecule has 2 aromatic heterocycles. The van der Waals surface area contributed by atoms with Crippen LogP contribution in [0.3, 0.4) is 0 Å². The van der Waals surface area contributed by atoms with Crippen LogP contribution in [0.1, 0.15) is 12.0 Å². The largest absolute Gasteiger partial charge is 0.395 e. The SMILES string of the molecule is Cc1ccc(S(=O)(=O)N2CC(F)(F)CC2CO)cc1-c1cnc2c(N)ncnn12. The second-order valence-corrected chi connectivity index (χ2v) is 8.84. The van der Waals surface area contributed by atoms with Gasteiger partial charge in [0.25, 0.3) is 5.92 Å². The van der Waals surface area contributed by atoms with Gasteiger partial charge in [0, 0.05) is 12.0 Å². The molecule has 0 amide bonds. The van der Waals surface area contributed by atoms with E-state index in [0.29, 0.717) is 21.2 Å². The zero-order valence-electron chi connectivity index (χ0n) is 15.3. The van der Waals surface area contributed by atoms with Crippen molar-refractivity contribution < 1.29 is 22.3 Å². The van der Waals surface area contributed by atoms with Gasteiger partial charge in [0.1, 0.15) is 6.33 Å². The standard InChI is InChI=1S/C17H18F2N6O3S/c1-10-2-3-12(29(27,28)24-8-17(18,19)5-11(24)7-26)4-13(10)14-6-21-16-15(20)22-9-23-25(14)16/h2-4,6,9,11,26H,5,7-8H2,1H3,(H2,20,22,23). The Morgan fingerprint density at radius 1 is 1.34 bits per heavy atom. The van der Waals surface area contributed by atoms with Gasteiger partial charge in [-0.15, -0.1) is 0 Å². The molecule has 0 spiro atoms. The third-order valence-corrected chi connectivity index (χ3v) is 6.86. The monoisotopic (exact) mass is 424 g/mol. The van der Waals surface area contributed by atoms with Crippen LogP contribution in [-0.4, -0.2) is 62.5 Å². The molecule has 154 valence electrons. The number of halogens is 2. The minimum Gasteiger partial charge on any atom is -0.395 e. The average molecular weight is 424 g/mol. The molecule has 9 nitrogen and oxygen atoms in total. The number of sulfonamides is 1. The van der Waals surface area contributed by atoms with Crippen molar-refractivity contribution in [2.75, 3.05) is 18.9 Å². The third kappa shape index (κ3) is 3.22. The molecule has 0 aliphatic carbocycles. The first-order valence-electron chi connectivity index (χ1n) is 8.70. The van der Waals surface area contributed by atoms with Gasteiger partial charge < -0.3 is 10.8 Å². The highest BCUT2D eigenvalue weighted by Crippen LogP contribution is 2.37. The summed E-state index contributed by atoms with van der Waals surface area (Å²) in [6, 6.07) is 3.14. The van der Waals surface area contributed by atoms with Gasteiger partial charge in [-0.3, -0.25) is 0 Å². The second-order valence-electron chi connectivity index (χ2n) is 6.95. The molecule has 1 atom stereocenters. The lowest BCUT2D eigenvalue weighted by atomic mass is 10.1. The highest BCUT2D eigenvalue weighted by molar-refractivity contribution is 7.89. The first-order chi connectivity index (χ1) is 13.6. The van der Waals surface area contributed by atoms with Gasteiger partial charge in [-0.25, -0.2) is 31.7 Å². The number of fused-ring (bicyclic) bond motifs is 1. The van der Waals surface area contributed by atoms with Crippen molar-refractivity contribution in [2.24, 2.45) is 0 Å². The number of aliphatic hydroxyl groups excluding tert-OH is 1. The first-order valence-corrected chi connectivity index (χ1v) is 10.1. The number of nitrogen functional groups attached to an aromatic ring is 1. The molecule has 12 heteroatoms. The molecule has 1 fully saturated rings. The molecule has 1 aliphatic heterocycles. The minimum absolute atomic E-state index is 0.161. The predicted octanol–water partition coefficient (Wildman–Crippen LogP) is 1.07. The zero-order valence-corrected chi connectivity index (χ0v) is 16.1. The van der Waals surface area contributed by atoms with E-state index in [1.807, 2.05) is 0 Å². The van der Waals surface area contributed by atoms with E-state index in [2.05, 4.69) is 15.1 Å². The maximum absolute atomic E-state index is 13.8. The number of rotatable bonds is 4. The van der Waals surface area contributed by atoms with Gasteiger partial charge in [0.15, 0.2) is 11.5 Å². The summed E-state index contributed by atoms with van der Waals surface area (Å²) < 4.78 is 55.8. The van der Waals surface area contributed by atoms with Gasteiger partial charge in [-0.05, 0) is 24.6 Å². The van der Waals surface area contributed by atoms with Gasteiger partial charge in [-0.1, -0.05) is 6.07 Å². The number of hydrogen-bond acceptors (Lipinski definition) is 7. The molecule has 1 aromatic carbocycles. The number of nitrogens with zero attached hydrogens (tertiary/aromatic N) is 5. The molecular formula is C17H18F2N6O3S. The Kier molecular flexibility index (Phi) is 4.52. The van der Waals surface area contributed by atoms with Crippen molar-refractivity contribution in [3.8, 4) is 11.3 Å². The van der Waals surface area contributed by atoms with Crippen molar-refractivity contribution >= 4 is 21.5 Å². The van der Waals surface area contributed by atoms with Crippen LogP contribution in [0.5, 0.6) is 0 Å². The van der Waals surface area contributed by atoms with Crippen LogP contribution >= 0.6 is 0 Å². The maximum Gasteiger partial charge on any atom is 0.263 e. The fraction of sp³-hybridized carbons (Fsp3) is 0.353. The molecule has 0 bridgehead atoms. The Hall–Kier alpha value is -2.70. The third-order valence-electron chi connectivity index (χ3n) is 4.96. The fourth-order valence-corrected chi connectivity index (χ4v) is 5.17. The summed E-state index contributed by atoms with van der Waals surface area (Å²) in [5.41, 5.74) is 7.82. The fourth-order valence-electron chi connectivity index (χ4n) is 3.50. The lowest BCUT2D eigenvalue weighted by Gasteiger charge is -2.22. The highest BCUT2D eigenvalue weighted by atomic mass is 32.2. The summed E-state index contributed by atoms with van der Waals surface area (Å²) >= 11 is 0. The van der Waals surface area contributed by atoms with Crippen molar-refractivity contribution in [1.82, 2.24) is 23.9 Å². The Morgan fingerprint density at radius 2 is 2.10 bits per heavy atom. The van der Waals surface area contributed by atoms with E-state index in [4.69, 9.17) is 5.73 Å². The molecule has 3 heterocycles. The minimum atomic E-state index is -4.26. The number of nitrogens with two attached hydrogens (primary N) is 1. The first kappa shape index (κ1) is 19.6. The van der Waals surface area contributed by atoms with E-state index in [1.54, 1.807) is 13.0 Å². The lowest BCUT2D eigenvalue weighted by molar-refractivity contribution is 0.0161. The Balaban J connectivity index is 1.82. The number of alkyl halides is 2. The maximum atomic E-state index is 13.8. The van der Waals surface area contributed by atoms with Crippen LogP contribution in [0.25, 0.3) is 16.9 Å². The molecule has 0 radical (unpaired) electrons. The Labute approximate surface area is 164 Å². The Bertz CT molecular complexity index is 1200. The van der Waals surface area contributed by atoms with Gasteiger partial charge >= 0.3 is 0 Å². The topological polar surface area (TPSA) is 127 Å².